The zero-order chi connectivity index (χ0) is 8.69. The van der Waals surface area contributed by atoms with Gasteiger partial charge in [-0.3, -0.25) is 4.99 Å². The predicted molar refractivity (Wildman–Crippen MR) is 55.5 cm³/mol. The fraction of sp³-hybridized carbons (Fsp3) is 0.889. The minimum Gasteiger partial charge on any atom is -0.290 e. The summed E-state index contributed by atoms with van der Waals surface area (Å²) in [7, 11) is 1.82. The van der Waals surface area contributed by atoms with Gasteiger partial charge in [-0.2, -0.15) is 0 Å². The Balaban J connectivity index is 3.29. The molecule has 0 aromatic carbocycles. The molecular weight excluding hydrogens is 154 g/mol. The Morgan fingerprint density at radius 1 is 1.36 bits per heavy atom. The third-order valence-electron chi connectivity index (χ3n) is 1.43. The lowest BCUT2D eigenvalue weighted by Crippen LogP contribution is -2.02. The maximum Gasteiger partial charge on any atom is 0.0537 e. The van der Waals surface area contributed by atoms with Crippen molar-refractivity contribution in [3.63, 3.8) is 0 Å². The molecule has 66 valence electrons. The highest BCUT2D eigenvalue weighted by atomic mass is 32.2. The Kier molecular flexibility index (Phi) is 6.73. The van der Waals surface area contributed by atoms with E-state index in [4.69, 9.17) is 0 Å². The number of thioether (sulfide) groups is 1. The van der Waals surface area contributed by atoms with Crippen LogP contribution >= 0.6 is 11.8 Å². The van der Waals surface area contributed by atoms with Crippen molar-refractivity contribution in [2.24, 2.45) is 16.8 Å². The number of hydrogen-bond acceptors (Lipinski definition) is 2. The summed E-state index contributed by atoms with van der Waals surface area (Å²) in [5.41, 5.74) is 1.93. The van der Waals surface area contributed by atoms with E-state index in [2.05, 4.69) is 25.8 Å². The third kappa shape index (κ3) is 7.92. The van der Waals surface area contributed by atoms with Crippen LogP contribution in [0.2, 0.25) is 0 Å². The molecule has 0 aliphatic heterocycles. The molecule has 1 atom stereocenters. The Morgan fingerprint density at radius 3 is 2.45 bits per heavy atom. The van der Waals surface area contributed by atoms with Gasteiger partial charge >= 0.3 is 0 Å². The standard InChI is InChI=1S/C9H19NS/c1-8(2)5-9(3)6-11-7-10-4/h7-9H,5-6H2,1-4H3. The van der Waals surface area contributed by atoms with Gasteiger partial charge in [-0.15, -0.1) is 11.8 Å². The van der Waals surface area contributed by atoms with Crippen LogP contribution in [0.4, 0.5) is 0 Å². The summed E-state index contributed by atoms with van der Waals surface area (Å²) in [5, 5.41) is 0. The molecule has 1 unspecified atom stereocenters. The maximum atomic E-state index is 3.92. The quantitative estimate of drug-likeness (QED) is 0.460. The van der Waals surface area contributed by atoms with Gasteiger partial charge < -0.3 is 0 Å². The molecule has 1 nitrogen and oxygen atoms in total. The fourth-order valence-electron chi connectivity index (χ4n) is 1.15. The Bertz CT molecular complexity index is 110. The molecular formula is C9H19NS. The minimum atomic E-state index is 0.818. The summed E-state index contributed by atoms with van der Waals surface area (Å²) in [5.74, 6) is 2.84. The topological polar surface area (TPSA) is 12.4 Å². The molecule has 0 amide bonds. The average molecular weight is 173 g/mol. The van der Waals surface area contributed by atoms with Crippen LogP contribution < -0.4 is 0 Å². The maximum absolute atomic E-state index is 3.92. The van der Waals surface area contributed by atoms with E-state index in [-0.39, 0.29) is 0 Å². The van der Waals surface area contributed by atoms with Gasteiger partial charge in [-0.1, -0.05) is 20.8 Å². The van der Waals surface area contributed by atoms with Gasteiger partial charge in [0.2, 0.25) is 0 Å². The molecule has 2 heteroatoms. The second kappa shape index (κ2) is 6.71. The molecule has 0 saturated carbocycles. The SMILES string of the molecule is CN=CSCC(C)CC(C)C. The highest BCUT2D eigenvalue weighted by molar-refractivity contribution is 8.12. The van der Waals surface area contributed by atoms with Gasteiger partial charge in [-0.05, 0) is 18.3 Å². The Morgan fingerprint density at radius 2 is 2.00 bits per heavy atom. The van der Waals surface area contributed by atoms with Crippen molar-refractivity contribution in [2.75, 3.05) is 12.8 Å². The van der Waals surface area contributed by atoms with Crippen molar-refractivity contribution in [1.29, 1.82) is 0 Å². The predicted octanol–water partition coefficient (Wildman–Crippen LogP) is 3.06. The van der Waals surface area contributed by atoms with E-state index in [1.807, 2.05) is 24.4 Å². The first-order chi connectivity index (χ1) is 5.16. The second-order valence-electron chi connectivity index (χ2n) is 3.43. The molecule has 0 spiro atoms. The van der Waals surface area contributed by atoms with Gasteiger partial charge in [-0.25, -0.2) is 0 Å². The number of aliphatic imine (C=N–C) groups is 1. The van der Waals surface area contributed by atoms with Gasteiger partial charge in [0.25, 0.3) is 0 Å². The van der Waals surface area contributed by atoms with Crippen molar-refractivity contribution in [3.8, 4) is 0 Å². The Labute approximate surface area is 74.7 Å². The van der Waals surface area contributed by atoms with Crippen molar-refractivity contribution in [2.45, 2.75) is 27.2 Å². The van der Waals surface area contributed by atoms with Crippen LogP contribution in [0, 0.1) is 11.8 Å². The van der Waals surface area contributed by atoms with Crippen molar-refractivity contribution < 1.29 is 0 Å². The van der Waals surface area contributed by atoms with Crippen molar-refractivity contribution in [3.05, 3.63) is 0 Å². The van der Waals surface area contributed by atoms with Crippen LogP contribution in [0.5, 0.6) is 0 Å². The average Bonchev–Trinajstić information content (AvgIpc) is 1.86. The molecule has 0 fully saturated rings. The smallest absolute Gasteiger partial charge is 0.0537 e. The van der Waals surface area contributed by atoms with Crippen LogP contribution in [-0.2, 0) is 0 Å². The Hall–Kier alpha value is 0.0200. The first kappa shape index (κ1) is 11.0. The first-order valence-corrected chi connectivity index (χ1v) is 5.24. The lowest BCUT2D eigenvalue weighted by atomic mass is 10.0. The van der Waals surface area contributed by atoms with E-state index >= 15 is 0 Å². The molecule has 0 aliphatic carbocycles. The van der Waals surface area contributed by atoms with Crippen molar-refractivity contribution in [1.82, 2.24) is 0 Å². The molecule has 11 heavy (non-hydrogen) atoms. The van der Waals surface area contributed by atoms with E-state index < -0.39 is 0 Å². The highest BCUT2D eigenvalue weighted by Gasteiger charge is 2.03. The molecule has 0 N–H and O–H groups in total. The second-order valence-corrected chi connectivity index (χ2v) is 4.31. The number of nitrogens with zero attached hydrogens (tertiary/aromatic N) is 1. The molecule has 0 heterocycles. The molecule has 0 radical (unpaired) electrons. The summed E-state index contributed by atoms with van der Waals surface area (Å²) in [6.45, 7) is 6.85. The zero-order valence-corrected chi connectivity index (χ0v) is 8.82. The van der Waals surface area contributed by atoms with E-state index in [0.717, 1.165) is 11.8 Å². The molecule has 0 bridgehead atoms. The van der Waals surface area contributed by atoms with Gasteiger partial charge in [0.05, 0.1) is 5.55 Å². The molecule has 0 aromatic rings. The van der Waals surface area contributed by atoms with Gasteiger partial charge in [0, 0.05) is 12.8 Å². The monoisotopic (exact) mass is 173 g/mol. The molecule has 0 saturated heterocycles. The number of rotatable bonds is 5. The lowest BCUT2D eigenvalue weighted by Gasteiger charge is -2.11. The van der Waals surface area contributed by atoms with E-state index in [1.54, 1.807) is 0 Å². The van der Waals surface area contributed by atoms with Crippen LogP contribution in [0.15, 0.2) is 4.99 Å². The summed E-state index contributed by atoms with van der Waals surface area (Å²) in [4.78, 5) is 3.92. The summed E-state index contributed by atoms with van der Waals surface area (Å²) in [6, 6.07) is 0. The summed E-state index contributed by atoms with van der Waals surface area (Å²) >= 11 is 1.81. The van der Waals surface area contributed by atoms with Crippen molar-refractivity contribution >= 4 is 17.3 Å². The van der Waals surface area contributed by atoms with E-state index in [9.17, 15) is 0 Å². The van der Waals surface area contributed by atoms with E-state index in [1.165, 1.54) is 12.2 Å². The molecule has 0 rings (SSSR count). The normalized spacial score (nSPS) is 14.6. The van der Waals surface area contributed by atoms with Gasteiger partial charge in [0.15, 0.2) is 0 Å². The lowest BCUT2D eigenvalue weighted by molar-refractivity contribution is 0.475. The summed E-state index contributed by atoms with van der Waals surface area (Å²) < 4.78 is 0. The largest absolute Gasteiger partial charge is 0.290 e. The van der Waals surface area contributed by atoms with Gasteiger partial charge in [0.1, 0.15) is 0 Å². The highest BCUT2D eigenvalue weighted by Crippen LogP contribution is 2.14. The molecule has 0 aromatic heterocycles. The van der Waals surface area contributed by atoms with E-state index in [0.29, 0.717) is 0 Å². The van der Waals surface area contributed by atoms with Crippen LogP contribution in [0.1, 0.15) is 27.2 Å². The van der Waals surface area contributed by atoms with Crippen LogP contribution in [-0.4, -0.2) is 18.3 Å². The third-order valence-corrected chi connectivity index (χ3v) is 2.56. The van der Waals surface area contributed by atoms with Crippen LogP contribution in [0.25, 0.3) is 0 Å². The number of hydrogen-bond donors (Lipinski definition) is 0. The zero-order valence-electron chi connectivity index (χ0n) is 8.00. The minimum absolute atomic E-state index is 0.818. The van der Waals surface area contributed by atoms with Crippen LogP contribution in [0.3, 0.4) is 0 Å². The first-order valence-electron chi connectivity index (χ1n) is 4.19. The summed E-state index contributed by atoms with van der Waals surface area (Å²) in [6.07, 6.45) is 1.32. The fourth-order valence-corrected chi connectivity index (χ4v) is 1.85. The molecule has 0 aliphatic rings.